The van der Waals surface area contributed by atoms with Crippen LogP contribution in [0.2, 0.25) is 0 Å². The number of amides is 1. The van der Waals surface area contributed by atoms with Crippen molar-refractivity contribution in [3.8, 4) is 0 Å². The highest BCUT2D eigenvalue weighted by atomic mass is 32.1. The van der Waals surface area contributed by atoms with Crippen molar-refractivity contribution in [3.63, 3.8) is 0 Å². The van der Waals surface area contributed by atoms with Crippen LogP contribution in [0.5, 0.6) is 0 Å². The van der Waals surface area contributed by atoms with Gasteiger partial charge in [0.15, 0.2) is 11.2 Å². The number of fused-ring (bicyclic) bond motifs is 2. The maximum atomic E-state index is 12.8. The summed E-state index contributed by atoms with van der Waals surface area (Å²) in [6.45, 7) is 3.88. The van der Waals surface area contributed by atoms with Crippen LogP contribution in [-0.2, 0) is 17.6 Å². The molecule has 2 heterocycles. The lowest BCUT2D eigenvalue weighted by Crippen LogP contribution is -2.17. The minimum absolute atomic E-state index is 0.0912. The van der Waals surface area contributed by atoms with E-state index in [0.717, 1.165) is 35.3 Å². The number of thiophene rings is 1. The van der Waals surface area contributed by atoms with Crippen molar-refractivity contribution >= 4 is 39.2 Å². The zero-order valence-electron chi connectivity index (χ0n) is 15.6. The molecule has 1 N–H and O–H groups in total. The predicted molar refractivity (Wildman–Crippen MR) is 107 cm³/mol. The van der Waals surface area contributed by atoms with Gasteiger partial charge >= 0.3 is 5.97 Å². The lowest BCUT2D eigenvalue weighted by atomic mass is 10.1. The number of rotatable bonds is 4. The van der Waals surface area contributed by atoms with Crippen LogP contribution >= 0.6 is 11.3 Å². The van der Waals surface area contributed by atoms with Crippen molar-refractivity contribution < 1.29 is 18.7 Å². The molecular weight excluding hydrogens is 378 g/mol. The summed E-state index contributed by atoms with van der Waals surface area (Å²) in [6, 6.07) is 6.40. The van der Waals surface area contributed by atoms with Crippen LogP contribution in [0.25, 0.3) is 11.0 Å². The largest absolute Gasteiger partial charge is 0.462 e. The van der Waals surface area contributed by atoms with Gasteiger partial charge in [-0.2, -0.15) is 0 Å². The van der Waals surface area contributed by atoms with Crippen LogP contribution in [-0.4, -0.2) is 18.5 Å². The van der Waals surface area contributed by atoms with Crippen LogP contribution < -0.4 is 10.7 Å². The van der Waals surface area contributed by atoms with E-state index in [1.165, 1.54) is 17.4 Å². The van der Waals surface area contributed by atoms with Crippen LogP contribution in [0, 0.1) is 6.92 Å². The fourth-order valence-electron chi connectivity index (χ4n) is 3.45. The van der Waals surface area contributed by atoms with Gasteiger partial charge in [-0.3, -0.25) is 9.59 Å². The first-order valence-electron chi connectivity index (χ1n) is 9.15. The number of hydrogen-bond acceptors (Lipinski definition) is 6. The van der Waals surface area contributed by atoms with Gasteiger partial charge in [-0.15, -0.1) is 11.3 Å². The van der Waals surface area contributed by atoms with E-state index in [1.807, 2.05) is 13.0 Å². The van der Waals surface area contributed by atoms with Gasteiger partial charge in [0, 0.05) is 10.9 Å². The monoisotopic (exact) mass is 397 g/mol. The van der Waals surface area contributed by atoms with Crippen molar-refractivity contribution in [3.05, 3.63) is 61.8 Å². The van der Waals surface area contributed by atoms with E-state index >= 15 is 0 Å². The summed E-state index contributed by atoms with van der Waals surface area (Å²) in [5.41, 5.74) is 2.37. The van der Waals surface area contributed by atoms with E-state index in [1.54, 1.807) is 19.1 Å². The third-order valence-electron chi connectivity index (χ3n) is 4.74. The van der Waals surface area contributed by atoms with Crippen molar-refractivity contribution in [2.24, 2.45) is 0 Å². The van der Waals surface area contributed by atoms with Gasteiger partial charge in [-0.25, -0.2) is 4.79 Å². The van der Waals surface area contributed by atoms with E-state index < -0.39 is 11.9 Å². The van der Waals surface area contributed by atoms with Crippen molar-refractivity contribution in [1.82, 2.24) is 0 Å². The summed E-state index contributed by atoms with van der Waals surface area (Å²) in [6.07, 6.45) is 2.66. The number of benzene rings is 1. The summed E-state index contributed by atoms with van der Waals surface area (Å²) in [4.78, 5) is 38.6. The second-order valence-electron chi connectivity index (χ2n) is 6.71. The van der Waals surface area contributed by atoms with E-state index in [9.17, 15) is 14.4 Å². The van der Waals surface area contributed by atoms with Crippen LogP contribution in [0.3, 0.4) is 0 Å². The number of hydrogen-bond donors (Lipinski definition) is 1. The highest BCUT2D eigenvalue weighted by Crippen LogP contribution is 2.39. The molecule has 1 aliphatic rings. The van der Waals surface area contributed by atoms with E-state index in [4.69, 9.17) is 9.15 Å². The minimum Gasteiger partial charge on any atom is -0.462 e. The summed E-state index contributed by atoms with van der Waals surface area (Å²) in [5, 5.41) is 3.61. The SMILES string of the molecule is CCOC(=O)c1c(NC(=O)c2cc(=O)c3ccc(C)cc3o2)sc2c1CCC2. The Morgan fingerprint density at radius 2 is 2.07 bits per heavy atom. The Balaban J connectivity index is 1.70. The third kappa shape index (κ3) is 3.22. The smallest absolute Gasteiger partial charge is 0.341 e. The maximum Gasteiger partial charge on any atom is 0.341 e. The number of anilines is 1. The van der Waals surface area contributed by atoms with Gasteiger partial charge in [-0.1, -0.05) is 6.07 Å². The molecule has 3 aromatic rings. The zero-order valence-corrected chi connectivity index (χ0v) is 16.4. The molecule has 4 rings (SSSR count). The molecule has 0 spiro atoms. The van der Waals surface area contributed by atoms with Crippen molar-refractivity contribution in [2.45, 2.75) is 33.1 Å². The minimum atomic E-state index is -0.564. The van der Waals surface area contributed by atoms with Crippen LogP contribution in [0.4, 0.5) is 5.00 Å². The van der Waals surface area contributed by atoms with Gasteiger partial charge < -0.3 is 14.5 Å². The van der Waals surface area contributed by atoms with E-state index in [0.29, 0.717) is 21.5 Å². The van der Waals surface area contributed by atoms with Crippen LogP contribution in [0.15, 0.2) is 33.5 Å². The molecule has 28 heavy (non-hydrogen) atoms. The van der Waals surface area contributed by atoms with E-state index in [-0.39, 0.29) is 17.8 Å². The Morgan fingerprint density at radius 1 is 1.25 bits per heavy atom. The summed E-state index contributed by atoms with van der Waals surface area (Å²) in [5.74, 6) is -1.09. The molecule has 0 saturated heterocycles. The number of esters is 1. The third-order valence-corrected chi connectivity index (χ3v) is 5.94. The average Bonchev–Trinajstić information content (AvgIpc) is 3.21. The molecule has 1 aliphatic carbocycles. The molecule has 144 valence electrons. The van der Waals surface area contributed by atoms with Gasteiger partial charge in [-0.05, 0) is 56.4 Å². The molecule has 0 bridgehead atoms. The second-order valence-corrected chi connectivity index (χ2v) is 7.82. The van der Waals surface area contributed by atoms with Crippen molar-refractivity contribution in [2.75, 3.05) is 11.9 Å². The first-order valence-corrected chi connectivity index (χ1v) is 9.97. The van der Waals surface area contributed by atoms with Crippen LogP contribution in [0.1, 0.15) is 50.3 Å². The predicted octanol–water partition coefficient (Wildman–Crippen LogP) is 4.08. The summed E-state index contributed by atoms with van der Waals surface area (Å²) >= 11 is 1.38. The molecule has 6 nitrogen and oxygen atoms in total. The molecule has 2 aromatic heterocycles. The molecule has 0 unspecified atom stereocenters. The lowest BCUT2D eigenvalue weighted by molar-refractivity contribution is 0.0527. The summed E-state index contributed by atoms with van der Waals surface area (Å²) < 4.78 is 10.8. The Kier molecular flexibility index (Phi) is 4.77. The normalized spacial score (nSPS) is 12.8. The lowest BCUT2D eigenvalue weighted by Gasteiger charge is -2.08. The highest BCUT2D eigenvalue weighted by molar-refractivity contribution is 7.17. The Hall–Kier alpha value is -2.93. The topological polar surface area (TPSA) is 85.6 Å². The van der Waals surface area contributed by atoms with Gasteiger partial charge in [0.2, 0.25) is 0 Å². The number of carbonyl (C=O) groups excluding carboxylic acids is 2. The molecule has 7 heteroatoms. The molecule has 0 radical (unpaired) electrons. The molecule has 1 amide bonds. The molecule has 1 aromatic carbocycles. The molecule has 0 atom stereocenters. The Morgan fingerprint density at radius 3 is 2.86 bits per heavy atom. The van der Waals surface area contributed by atoms with Gasteiger partial charge in [0.1, 0.15) is 10.6 Å². The second kappa shape index (κ2) is 7.24. The average molecular weight is 397 g/mol. The molecule has 0 saturated carbocycles. The molecular formula is C21H19NO5S. The number of carbonyl (C=O) groups is 2. The Labute approximate surface area is 165 Å². The summed E-state index contributed by atoms with van der Waals surface area (Å²) in [7, 11) is 0. The van der Waals surface area contributed by atoms with Gasteiger partial charge in [0.25, 0.3) is 5.91 Å². The Bertz CT molecular complexity index is 1160. The number of aryl methyl sites for hydroxylation is 2. The molecule has 0 aliphatic heterocycles. The van der Waals surface area contributed by atoms with E-state index in [2.05, 4.69) is 5.32 Å². The fourth-order valence-corrected chi connectivity index (χ4v) is 4.72. The first kappa shape index (κ1) is 18.4. The quantitative estimate of drug-likeness (QED) is 0.671. The number of ether oxygens (including phenoxy) is 1. The number of nitrogens with one attached hydrogen (secondary N) is 1. The van der Waals surface area contributed by atoms with Crippen molar-refractivity contribution in [1.29, 1.82) is 0 Å². The standard InChI is InChI=1S/C21H19NO5S/c1-3-26-21(25)18-13-5-4-6-17(13)28-20(18)22-19(24)16-10-14(23)12-8-7-11(2)9-15(12)27-16/h7-10H,3-6H2,1-2H3,(H,22,24). The molecule has 0 fully saturated rings. The zero-order chi connectivity index (χ0) is 19.8. The fraction of sp³-hybridized carbons (Fsp3) is 0.286. The maximum absolute atomic E-state index is 12.8. The van der Waals surface area contributed by atoms with Gasteiger partial charge in [0.05, 0.1) is 17.6 Å². The highest BCUT2D eigenvalue weighted by Gasteiger charge is 2.29. The first-order chi connectivity index (χ1) is 13.5.